The standard InChI is InChI=1S/C25H29FN4O6S/c1-18-15-21(7-8-22(18)26)20-9-11-29(12-10-20)37(34,35)30-14-13-28(16-23(30)24(31)27-33)25(32)36-17-19-5-3-2-4-6-19/h2-9,15,23,33H,10-14,16-17H2,1H3,(H,27,31). The summed E-state index contributed by atoms with van der Waals surface area (Å²) in [7, 11) is -4.10. The van der Waals surface area contributed by atoms with Crippen molar-refractivity contribution in [3.8, 4) is 0 Å². The Morgan fingerprint density at radius 3 is 2.54 bits per heavy atom. The number of benzene rings is 2. The highest BCUT2D eigenvalue weighted by Gasteiger charge is 2.43. The zero-order valence-corrected chi connectivity index (χ0v) is 21.2. The molecular formula is C25H29FN4O6S. The summed E-state index contributed by atoms with van der Waals surface area (Å²) in [6.07, 6.45) is 1.50. The molecule has 0 aliphatic carbocycles. The normalized spacial score (nSPS) is 19.3. The summed E-state index contributed by atoms with van der Waals surface area (Å²) in [5, 5.41) is 9.25. The second-order valence-corrected chi connectivity index (χ2v) is 10.8. The summed E-state index contributed by atoms with van der Waals surface area (Å²) < 4.78 is 48.1. The number of halogens is 1. The Morgan fingerprint density at radius 2 is 1.89 bits per heavy atom. The molecule has 2 aromatic carbocycles. The molecule has 2 aromatic rings. The summed E-state index contributed by atoms with van der Waals surface area (Å²) in [6, 6.07) is 12.5. The molecule has 0 aromatic heterocycles. The number of aryl methyl sites for hydroxylation is 1. The molecule has 0 bridgehead atoms. The molecule has 2 aliphatic heterocycles. The molecule has 4 rings (SSSR count). The largest absolute Gasteiger partial charge is 0.445 e. The fraction of sp³-hybridized carbons (Fsp3) is 0.360. The maximum atomic E-state index is 13.6. The highest BCUT2D eigenvalue weighted by atomic mass is 32.2. The second-order valence-electron chi connectivity index (χ2n) is 8.90. The molecule has 2 aliphatic rings. The van der Waals surface area contributed by atoms with Gasteiger partial charge in [0.15, 0.2) is 0 Å². The van der Waals surface area contributed by atoms with Crippen LogP contribution in [-0.2, 0) is 26.3 Å². The lowest BCUT2D eigenvalue weighted by Crippen LogP contribution is -2.63. The molecule has 10 nitrogen and oxygen atoms in total. The molecule has 2 heterocycles. The average Bonchev–Trinajstić information content (AvgIpc) is 2.93. The van der Waals surface area contributed by atoms with Crippen molar-refractivity contribution in [2.75, 3.05) is 32.7 Å². The number of hydrogen-bond acceptors (Lipinski definition) is 6. The van der Waals surface area contributed by atoms with Crippen LogP contribution in [0.15, 0.2) is 54.6 Å². The Kier molecular flexibility index (Phi) is 8.22. The van der Waals surface area contributed by atoms with Crippen LogP contribution in [0.3, 0.4) is 0 Å². The van der Waals surface area contributed by atoms with Crippen molar-refractivity contribution in [2.24, 2.45) is 0 Å². The van der Waals surface area contributed by atoms with Gasteiger partial charge in [-0.2, -0.15) is 17.0 Å². The van der Waals surface area contributed by atoms with Gasteiger partial charge in [0.25, 0.3) is 16.1 Å². The first-order chi connectivity index (χ1) is 17.7. The number of ether oxygens (including phenoxy) is 1. The molecule has 2 amide bonds. The molecule has 1 atom stereocenters. The summed E-state index contributed by atoms with van der Waals surface area (Å²) in [5.41, 5.74) is 4.54. The Balaban J connectivity index is 1.44. The first kappa shape index (κ1) is 26.7. The van der Waals surface area contributed by atoms with E-state index in [1.54, 1.807) is 37.3 Å². The molecule has 12 heteroatoms. The lowest BCUT2D eigenvalue weighted by Gasteiger charge is -2.41. The molecule has 0 saturated carbocycles. The van der Waals surface area contributed by atoms with Crippen LogP contribution in [-0.4, -0.2) is 77.9 Å². The first-order valence-electron chi connectivity index (χ1n) is 11.8. The van der Waals surface area contributed by atoms with Gasteiger partial charge in [0.05, 0.1) is 0 Å². The minimum atomic E-state index is -4.10. The monoisotopic (exact) mass is 532 g/mol. The van der Waals surface area contributed by atoms with Crippen LogP contribution in [0.1, 0.15) is 23.1 Å². The van der Waals surface area contributed by atoms with E-state index >= 15 is 0 Å². The van der Waals surface area contributed by atoms with E-state index in [1.165, 1.54) is 20.8 Å². The first-order valence-corrected chi connectivity index (χ1v) is 13.2. The number of nitrogens with one attached hydrogen (secondary N) is 1. The molecule has 1 unspecified atom stereocenters. The molecule has 1 saturated heterocycles. The van der Waals surface area contributed by atoms with Gasteiger partial charge in [-0.15, -0.1) is 0 Å². The van der Waals surface area contributed by atoms with E-state index in [2.05, 4.69) is 0 Å². The predicted octanol–water partition coefficient (Wildman–Crippen LogP) is 2.30. The van der Waals surface area contributed by atoms with Crippen LogP contribution in [0, 0.1) is 12.7 Å². The Labute approximate surface area is 215 Å². The number of hydroxylamine groups is 1. The molecule has 198 valence electrons. The smallest absolute Gasteiger partial charge is 0.410 e. The summed E-state index contributed by atoms with van der Waals surface area (Å²) in [4.78, 5) is 26.3. The third-order valence-corrected chi connectivity index (χ3v) is 8.54. The minimum Gasteiger partial charge on any atom is -0.445 e. The van der Waals surface area contributed by atoms with Crippen LogP contribution in [0.25, 0.3) is 5.57 Å². The Hall–Kier alpha value is -3.32. The number of piperazine rings is 1. The maximum absolute atomic E-state index is 13.6. The lowest BCUT2D eigenvalue weighted by molar-refractivity contribution is -0.134. The molecular weight excluding hydrogens is 503 g/mol. The number of amides is 2. The fourth-order valence-corrected chi connectivity index (χ4v) is 6.10. The van der Waals surface area contributed by atoms with Crippen molar-refractivity contribution < 1.29 is 32.3 Å². The van der Waals surface area contributed by atoms with Crippen LogP contribution in [0.2, 0.25) is 0 Å². The highest BCUT2D eigenvalue weighted by Crippen LogP contribution is 2.27. The van der Waals surface area contributed by atoms with Gasteiger partial charge in [-0.1, -0.05) is 42.5 Å². The number of hydrogen-bond donors (Lipinski definition) is 2. The summed E-state index contributed by atoms with van der Waals surface area (Å²) in [5.74, 6) is -1.25. The van der Waals surface area contributed by atoms with E-state index in [4.69, 9.17) is 4.74 Å². The summed E-state index contributed by atoms with van der Waals surface area (Å²) in [6.45, 7) is 1.53. The quantitative estimate of drug-likeness (QED) is 0.435. The Morgan fingerprint density at radius 1 is 1.14 bits per heavy atom. The maximum Gasteiger partial charge on any atom is 0.410 e. The predicted molar refractivity (Wildman–Crippen MR) is 133 cm³/mol. The number of carbonyl (C=O) groups excluding carboxylic acids is 2. The van der Waals surface area contributed by atoms with Gasteiger partial charge in [-0.25, -0.2) is 14.7 Å². The van der Waals surface area contributed by atoms with Crippen molar-refractivity contribution >= 4 is 27.8 Å². The molecule has 37 heavy (non-hydrogen) atoms. The van der Waals surface area contributed by atoms with Crippen molar-refractivity contribution in [3.05, 3.63) is 77.1 Å². The van der Waals surface area contributed by atoms with Crippen LogP contribution in [0.4, 0.5) is 9.18 Å². The van der Waals surface area contributed by atoms with Gasteiger partial charge < -0.3 is 9.64 Å². The zero-order valence-electron chi connectivity index (χ0n) is 20.3. The highest BCUT2D eigenvalue weighted by molar-refractivity contribution is 7.86. The molecule has 1 fully saturated rings. The second kappa shape index (κ2) is 11.4. The number of nitrogens with zero attached hydrogens (tertiary/aromatic N) is 3. The van der Waals surface area contributed by atoms with E-state index in [0.717, 1.165) is 21.0 Å². The van der Waals surface area contributed by atoms with Gasteiger partial charge in [0.2, 0.25) is 0 Å². The SMILES string of the molecule is Cc1cc(C2=CCN(S(=O)(=O)N3CCN(C(=O)OCc4ccccc4)CC3C(=O)NO)CC2)ccc1F. The lowest BCUT2D eigenvalue weighted by atomic mass is 9.98. The van der Waals surface area contributed by atoms with E-state index in [0.29, 0.717) is 12.0 Å². The van der Waals surface area contributed by atoms with Gasteiger partial charge in [-0.05, 0) is 47.7 Å². The van der Waals surface area contributed by atoms with Crippen molar-refractivity contribution in [2.45, 2.75) is 26.0 Å². The van der Waals surface area contributed by atoms with Gasteiger partial charge in [0, 0.05) is 32.7 Å². The number of rotatable bonds is 6. The molecule has 0 spiro atoms. The van der Waals surface area contributed by atoms with E-state index in [1.807, 2.05) is 18.2 Å². The third-order valence-electron chi connectivity index (χ3n) is 6.53. The molecule has 0 radical (unpaired) electrons. The van der Waals surface area contributed by atoms with Crippen LogP contribution < -0.4 is 5.48 Å². The van der Waals surface area contributed by atoms with E-state index < -0.39 is 28.3 Å². The van der Waals surface area contributed by atoms with E-state index in [9.17, 15) is 27.6 Å². The molecule has 2 N–H and O–H groups in total. The third kappa shape index (κ3) is 5.99. The number of carbonyl (C=O) groups is 2. The fourth-order valence-electron chi connectivity index (χ4n) is 4.42. The Bertz CT molecular complexity index is 1290. The van der Waals surface area contributed by atoms with Crippen molar-refractivity contribution in [1.82, 2.24) is 19.0 Å². The van der Waals surface area contributed by atoms with Crippen molar-refractivity contribution in [1.29, 1.82) is 0 Å². The van der Waals surface area contributed by atoms with E-state index in [-0.39, 0.29) is 45.1 Å². The zero-order chi connectivity index (χ0) is 26.6. The summed E-state index contributed by atoms with van der Waals surface area (Å²) >= 11 is 0. The van der Waals surface area contributed by atoms with Crippen molar-refractivity contribution in [3.63, 3.8) is 0 Å². The topological polar surface area (TPSA) is 119 Å². The van der Waals surface area contributed by atoms with Gasteiger partial charge in [-0.3, -0.25) is 10.0 Å². The van der Waals surface area contributed by atoms with Crippen LogP contribution in [0.5, 0.6) is 0 Å². The van der Waals surface area contributed by atoms with Crippen LogP contribution >= 0.6 is 0 Å². The van der Waals surface area contributed by atoms with Gasteiger partial charge in [0.1, 0.15) is 18.5 Å². The van der Waals surface area contributed by atoms with Gasteiger partial charge >= 0.3 is 6.09 Å². The minimum absolute atomic E-state index is 0.0197. The average molecular weight is 533 g/mol.